The second-order valence-corrected chi connectivity index (χ2v) is 8.70. The van der Waals surface area contributed by atoms with E-state index in [2.05, 4.69) is 17.4 Å². The Bertz CT molecular complexity index is 1250. The van der Waals surface area contributed by atoms with Gasteiger partial charge in [-0.2, -0.15) is 0 Å². The summed E-state index contributed by atoms with van der Waals surface area (Å²) in [4.78, 5) is 0. The first-order valence-electron chi connectivity index (χ1n) is 10.2. The molecule has 6 heteroatoms. The summed E-state index contributed by atoms with van der Waals surface area (Å²) in [6, 6.07) is 22.1. The normalized spacial score (nSPS) is 11.1. The minimum Gasteiger partial charge on any atom is -0.488 e. The van der Waals surface area contributed by atoms with Crippen LogP contribution in [0.4, 0.5) is 4.39 Å². The summed E-state index contributed by atoms with van der Waals surface area (Å²) < 4.78 is 19.5. The first kappa shape index (κ1) is 22.9. The number of halogens is 4. The standard InChI is InChI=1S/C26H21Cl3FNO/c27-20-8-5-18(24(28)13-20)11-12-31-15-23-22-4-2-1-3-17(22)7-10-26(23)32-16-19-6-9-21(30)14-25(19)29/h1-10,13-14,31H,11-12,15-16H2. The van der Waals surface area contributed by atoms with Crippen LogP contribution in [0.15, 0.2) is 72.8 Å². The average Bonchev–Trinajstić information content (AvgIpc) is 2.78. The van der Waals surface area contributed by atoms with Crippen LogP contribution in [0.25, 0.3) is 10.8 Å². The molecule has 0 aliphatic rings. The lowest BCUT2D eigenvalue weighted by Gasteiger charge is -2.16. The van der Waals surface area contributed by atoms with Crippen molar-refractivity contribution >= 4 is 45.6 Å². The van der Waals surface area contributed by atoms with Crippen molar-refractivity contribution in [1.29, 1.82) is 0 Å². The third-order valence-corrected chi connectivity index (χ3v) is 6.22. The molecule has 0 radical (unpaired) electrons. The SMILES string of the molecule is Fc1ccc(COc2ccc3ccccc3c2CNCCc2ccc(Cl)cc2Cl)c(Cl)c1. The Morgan fingerprint density at radius 1 is 0.812 bits per heavy atom. The van der Waals surface area contributed by atoms with Crippen LogP contribution in [-0.4, -0.2) is 6.54 Å². The van der Waals surface area contributed by atoms with Gasteiger partial charge in [0.25, 0.3) is 0 Å². The molecule has 4 aromatic rings. The smallest absolute Gasteiger partial charge is 0.124 e. The van der Waals surface area contributed by atoms with Gasteiger partial charge in [0.2, 0.25) is 0 Å². The zero-order chi connectivity index (χ0) is 22.5. The van der Waals surface area contributed by atoms with Crippen LogP contribution >= 0.6 is 34.8 Å². The molecule has 0 aliphatic carbocycles. The van der Waals surface area contributed by atoms with Gasteiger partial charge in [-0.05, 0) is 59.6 Å². The first-order valence-corrected chi connectivity index (χ1v) is 11.4. The molecule has 0 aromatic heterocycles. The molecule has 0 saturated heterocycles. The Balaban J connectivity index is 1.49. The first-order chi connectivity index (χ1) is 15.5. The minimum atomic E-state index is -0.366. The maximum atomic E-state index is 13.3. The summed E-state index contributed by atoms with van der Waals surface area (Å²) in [6.45, 7) is 1.62. The van der Waals surface area contributed by atoms with Gasteiger partial charge in [0.15, 0.2) is 0 Å². The highest BCUT2D eigenvalue weighted by atomic mass is 35.5. The lowest BCUT2D eigenvalue weighted by atomic mass is 10.0. The predicted octanol–water partition coefficient (Wildman–Crippen LogP) is 7.85. The number of hydrogen-bond acceptors (Lipinski definition) is 2. The highest BCUT2D eigenvalue weighted by molar-refractivity contribution is 6.35. The summed E-state index contributed by atoms with van der Waals surface area (Å²) in [7, 11) is 0. The molecule has 0 heterocycles. The van der Waals surface area contributed by atoms with E-state index >= 15 is 0 Å². The molecule has 0 atom stereocenters. The van der Waals surface area contributed by atoms with Gasteiger partial charge in [-0.25, -0.2) is 4.39 Å². The van der Waals surface area contributed by atoms with Crippen molar-refractivity contribution in [3.05, 3.63) is 110 Å². The van der Waals surface area contributed by atoms with Gasteiger partial charge in [0.1, 0.15) is 18.2 Å². The zero-order valence-electron chi connectivity index (χ0n) is 17.2. The number of rotatable bonds is 8. The van der Waals surface area contributed by atoms with Crippen LogP contribution < -0.4 is 10.1 Å². The second kappa shape index (κ2) is 10.5. The molecule has 0 spiro atoms. The molecule has 2 nitrogen and oxygen atoms in total. The Labute approximate surface area is 201 Å². The quantitative estimate of drug-likeness (QED) is 0.255. The van der Waals surface area contributed by atoms with Gasteiger partial charge in [0.05, 0.1) is 5.02 Å². The number of ether oxygens (including phenoxy) is 1. The van der Waals surface area contributed by atoms with Crippen LogP contribution in [0.5, 0.6) is 5.75 Å². The van der Waals surface area contributed by atoms with Crippen molar-refractivity contribution in [2.75, 3.05) is 6.54 Å². The lowest BCUT2D eigenvalue weighted by molar-refractivity contribution is 0.302. The summed E-state index contributed by atoms with van der Waals surface area (Å²) in [5.74, 6) is 0.399. The molecule has 0 unspecified atom stereocenters. The van der Waals surface area contributed by atoms with Crippen LogP contribution in [0, 0.1) is 5.82 Å². The summed E-state index contributed by atoms with van der Waals surface area (Å²) in [5, 5.41) is 7.40. The Morgan fingerprint density at radius 2 is 1.59 bits per heavy atom. The molecule has 4 aromatic carbocycles. The maximum Gasteiger partial charge on any atom is 0.124 e. The zero-order valence-corrected chi connectivity index (χ0v) is 19.4. The molecule has 164 valence electrons. The van der Waals surface area contributed by atoms with Gasteiger partial charge < -0.3 is 10.1 Å². The Morgan fingerprint density at radius 3 is 2.41 bits per heavy atom. The predicted molar refractivity (Wildman–Crippen MR) is 132 cm³/mol. The largest absolute Gasteiger partial charge is 0.488 e. The molecule has 4 rings (SSSR count). The van der Waals surface area contributed by atoms with E-state index in [0.717, 1.165) is 46.2 Å². The number of benzene rings is 4. The molecule has 0 aliphatic heterocycles. The van der Waals surface area contributed by atoms with E-state index in [1.165, 1.54) is 12.1 Å². The second-order valence-electron chi connectivity index (χ2n) is 7.45. The van der Waals surface area contributed by atoms with Crippen LogP contribution in [-0.2, 0) is 19.6 Å². The van der Waals surface area contributed by atoms with Gasteiger partial charge in [0, 0.05) is 27.7 Å². The third-order valence-electron chi connectivity index (χ3n) is 5.28. The molecule has 32 heavy (non-hydrogen) atoms. The molecule has 0 saturated carbocycles. The molecule has 0 fully saturated rings. The van der Waals surface area contributed by atoms with Crippen LogP contribution in [0.2, 0.25) is 15.1 Å². The van der Waals surface area contributed by atoms with Crippen molar-refractivity contribution in [3.8, 4) is 5.75 Å². The topological polar surface area (TPSA) is 21.3 Å². The number of fused-ring (bicyclic) bond motifs is 1. The van der Waals surface area contributed by atoms with E-state index in [-0.39, 0.29) is 12.4 Å². The summed E-state index contributed by atoms with van der Waals surface area (Å²) in [6.07, 6.45) is 0.780. The van der Waals surface area contributed by atoms with E-state index in [1.54, 1.807) is 12.1 Å². The maximum absolute atomic E-state index is 13.3. The van der Waals surface area contributed by atoms with Gasteiger partial charge >= 0.3 is 0 Å². The van der Waals surface area contributed by atoms with Crippen LogP contribution in [0.1, 0.15) is 16.7 Å². The lowest BCUT2D eigenvalue weighted by Crippen LogP contribution is -2.18. The van der Waals surface area contributed by atoms with E-state index in [0.29, 0.717) is 21.6 Å². The summed E-state index contributed by atoms with van der Waals surface area (Å²) in [5.41, 5.74) is 2.84. The van der Waals surface area contributed by atoms with E-state index in [9.17, 15) is 4.39 Å². The highest BCUT2D eigenvalue weighted by Gasteiger charge is 2.11. The minimum absolute atomic E-state index is 0.255. The van der Waals surface area contributed by atoms with Crippen molar-refractivity contribution < 1.29 is 9.13 Å². The molecular formula is C26H21Cl3FNO. The van der Waals surface area contributed by atoms with Gasteiger partial charge in [-0.3, -0.25) is 0 Å². The molecule has 1 N–H and O–H groups in total. The third kappa shape index (κ3) is 5.54. The monoisotopic (exact) mass is 487 g/mol. The molecule has 0 bridgehead atoms. The number of nitrogens with one attached hydrogen (secondary N) is 1. The highest BCUT2D eigenvalue weighted by Crippen LogP contribution is 2.30. The fourth-order valence-electron chi connectivity index (χ4n) is 3.59. The van der Waals surface area contributed by atoms with Gasteiger partial charge in [-0.15, -0.1) is 0 Å². The number of hydrogen-bond donors (Lipinski definition) is 1. The van der Waals surface area contributed by atoms with Crippen LogP contribution in [0.3, 0.4) is 0 Å². The fraction of sp³-hybridized carbons (Fsp3) is 0.154. The van der Waals surface area contributed by atoms with E-state index in [4.69, 9.17) is 39.5 Å². The Hall–Kier alpha value is -2.30. The van der Waals surface area contributed by atoms with Crippen molar-refractivity contribution in [1.82, 2.24) is 5.32 Å². The fourth-order valence-corrected chi connectivity index (χ4v) is 4.31. The van der Waals surface area contributed by atoms with E-state index in [1.807, 2.05) is 36.4 Å². The molecule has 0 amide bonds. The van der Waals surface area contributed by atoms with E-state index < -0.39 is 0 Å². The van der Waals surface area contributed by atoms with Gasteiger partial charge in [-0.1, -0.05) is 77.3 Å². The average molecular weight is 489 g/mol. The van der Waals surface area contributed by atoms with Crippen molar-refractivity contribution in [2.45, 2.75) is 19.6 Å². The molecular weight excluding hydrogens is 468 g/mol. The van der Waals surface area contributed by atoms with Crippen molar-refractivity contribution in [3.63, 3.8) is 0 Å². The Kier molecular flexibility index (Phi) is 7.54. The summed E-state index contributed by atoms with van der Waals surface area (Å²) >= 11 is 18.4. The van der Waals surface area contributed by atoms with Crippen molar-refractivity contribution in [2.24, 2.45) is 0 Å².